The molecule has 1 saturated heterocycles. The maximum Gasteiger partial charge on any atom is 0.251 e. The van der Waals surface area contributed by atoms with Crippen molar-refractivity contribution in [2.75, 3.05) is 4.90 Å². The van der Waals surface area contributed by atoms with E-state index in [-0.39, 0.29) is 18.2 Å². The quantitative estimate of drug-likeness (QED) is 0.855. The van der Waals surface area contributed by atoms with Crippen LogP contribution in [0.15, 0.2) is 59.1 Å². The molecule has 1 aliphatic rings. The predicted octanol–water partition coefficient (Wildman–Crippen LogP) is 2.87. The lowest BCUT2D eigenvalue weighted by Crippen LogP contribution is -2.38. The number of amides is 2. The number of hydrogen-bond donors (Lipinski definition) is 1. The molecule has 3 rings (SSSR count). The second kappa shape index (κ2) is 6.42. The summed E-state index contributed by atoms with van der Waals surface area (Å²) in [5, 5.41) is 3.17. The molecule has 1 N–H and O–H groups in total. The van der Waals surface area contributed by atoms with Gasteiger partial charge < -0.3 is 5.32 Å². The standard InChI is InChI=1S/C17H15BrN2O2/c18-13-6-8-14(9-7-13)20-16(21)10-15(17(20)22)19-11-12-4-2-1-3-5-12/h1-9,15,19H,10-11H2/t15-/m0/s1. The second-order valence-corrected chi connectivity index (χ2v) is 6.08. The minimum absolute atomic E-state index is 0.169. The van der Waals surface area contributed by atoms with Crippen molar-refractivity contribution in [3.8, 4) is 0 Å². The molecule has 22 heavy (non-hydrogen) atoms. The number of hydrogen-bond acceptors (Lipinski definition) is 3. The van der Waals surface area contributed by atoms with Crippen molar-refractivity contribution in [3.63, 3.8) is 0 Å². The Bertz CT molecular complexity index is 686. The van der Waals surface area contributed by atoms with E-state index >= 15 is 0 Å². The van der Waals surface area contributed by atoms with Crippen LogP contribution in [-0.4, -0.2) is 17.9 Å². The molecular weight excluding hydrogens is 344 g/mol. The Morgan fingerprint density at radius 3 is 2.41 bits per heavy atom. The molecule has 0 saturated carbocycles. The summed E-state index contributed by atoms with van der Waals surface area (Å²) in [6.07, 6.45) is 0.196. The van der Waals surface area contributed by atoms with E-state index in [1.54, 1.807) is 12.1 Å². The van der Waals surface area contributed by atoms with Crippen molar-refractivity contribution >= 4 is 33.4 Å². The van der Waals surface area contributed by atoms with Crippen molar-refractivity contribution in [1.29, 1.82) is 0 Å². The Morgan fingerprint density at radius 2 is 1.73 bits per heavy atom. The molecular formula is C17H15BrN2O2. The van der Waals surface area contributed by atoms with Gasteiger partial charge in [-0.2, -0.15) is 0 Å². The minimum Gasteiger partial charge on any atom is -0.301 e. The van der Waals surface area contributed by atoms with Crippen molar-refractivity contribution in [2.45, 2.75) is 19.0 Å². The van der Waals surface area contributed by atoms with Gasteiger partial charge in [-0.1, -0.05) is 46.3 Å². The third-order valence-electron chi connectivity index (χ3n) is 3.63. The Hall–Kier alpha value is -1.98. The zero-order valence-corrected chi connectivity index (χ0v) is 13.4. The summed E-state index contributed by atoms with van der Waals surface area (Å²) in [6.45, 7) is 0.568. The van der Waals surface area contributed by atoms with E-state index in [9.17, 15) is 9.59 Å². The Kier molecular flexibility index (Phi) is 4.36. The van der Waals surface area contributed by atoms with Gasteiger partial charge in [0.05, 0.1) is 18.2 Å². The molecule has 2 aromatic carbocycles. The van der Waals surface area contributed by atoms with Crippen molar-refractivity contribution in [1.82, 2.24) is 5.32 Å². The summed E-state index contributed by atoms with van der Waals surface area (Å²) in [5.41, 5.74) is 1.70. The SMILES string of the molecule is O=C1C[C@H](NCc2ccccc2)C(=O)N1c1ccc(Br)cc1. The van der Waals surface area contributed by atoms with E-state index in [0.717, 1.165) is 10.0 Å². The normalized spacial score (nSPS) is 18.0. The summed E-state index contributed by atoms with van der Waals surface area (Å²) in [5.74, 6) is -0.360. The van der Waals surface area contributed by atoms with Gasteiger partial charge in [-0.25, -0.2) is 4.90 Å². The smallest absolute Gasteiger partial charge is 0.251 e. The minimum atomic E-state index is -0.462. The van der Waals surface area contributed by atoms with Crippen LogP contribution in [0, 0.1) is 0 Å². The average Bonchev–Trinajstić information content (AvgIpc) is 2.82. The van der Waals surface area contributed by atoms with E-state index in [0.29, 0.717) is 12.2 Å². The molecule has 2 aromatic rings. The highest BCUT2D eigenvalue weighted by Gasteiger charge is 2.39. The molecule has 0 aromatic heterocycles. The summed E-state index contributed by atoms with van der Waals surface area (Å²) >= 11 is 3.35. The van der Waals surface area contributed by atoms with Crippen molar-refractivity contribution in [3.05, 3.63) is 64.6 Å². The fourth-order valence-electron chi connectivity index (χ4n) is 2.49. The monoisotopic (exact) mass is 358 g/mol. The molecule has 2 amide bonds. The molecule has 112 valence electrons. The first-order valence-corrected chi connectivity index (χ1v) is 7.84. The van der Waals surface area contributed by atoms with Gasteiger partial charge >= 0.3 is 0 Å². The molecule has 1 atom stereocenters. The van der Waals surface area contributed by atoms with Gasteiger partial charge in [0.2, 0.25) is 5.91 Å². The van der Waals surface area contributed by atoms with Crippen LogP contribution in [0.4, 0.5) is 5.69 Å². The predicted molar refractivity (Wildman–Crippen MR) is 88.3 cm³/mol. The molecule has 0 radical (unpaired) electrons. The molecule has 0 aliphatic carbocycles. The molecule has 0 unspecified atom stereocenters. The Balaban J connectivity index is 1.70. The Morgan fingerprint density at radius 1 is 1.05 bits per heavy atom. The number of nitrogens with one attached hydrogen (secondary N) is 1. The van der Waals surface area contributed by atoms with Crippen LogP contribution in [0.1, 0.15) is 12.0 Å². The van der Waals surface area contributed by atoms with Crippen LogP contribution >= 0.6 is 15.9 Å². The molecule has 1 aliphatic heterocycles. The highest BCUT2D eigenvalue weighted by Crippen LogP contribution is 2.24. The van der Waals surface area contributed by atoms with Crippen LogP contribution in [0.5, 0.6) is 0 Å². The number of carbonyl (C=O) groups is 2. The van der Waals surface area contributed by atoms with E-state index in [1.165, 1.54) is 4.90 Å². The molecule has 1 fully saturated rings. The lowest BCUT2D eigenvalue weighted by molar-refractivity contribution is -0.121. The highest BCUT2D eigenvalue weighted by molar-refractivity contribution is 9.10. The molecule has 5 heteroatoms. The number of rotatable bonds is 4. The van der Waals surface area contributed by atoms with Crippen LogP contribution in [0.2, 0.25) is 0 Å². The van der Waals surface area contributed by atoms with Crippen LogP contribution in [0.25, 0.3) is 0 Å². The first-order chi connectivity index (χ1) is 10.6. The van der Waals surface area contributed by atoms with E-state index in [2.05, 4.69) is 21.2 Å². The Labute approximate surface area is 137 Å². The third kappa shape index (κ3) is 3.10. The van der Waals surface area contributed by atoms with Gasteiger partial charge in [0.1, 0.15) is 0 Å². The number of halogens is 1. The van der Waals surface area contributed by atoms with Gasteiger partial charge in [0.25, 0.3) is 5.91 Å². The zero-order valence-electron chi connectivity index (χ0n) is 11.8. The maximum absolute atomic E-state index is 12.5. The summed E-state index contributed by atoms with van der Waals surface area (Å²) in [7, 11) is 0. The number of nitrogens with zero attached hydrogens (tertiary/aromatic N) is 1. The van der Waals surface area contributed by atoms with Gasteiger partial charge in [0.15, 0.2) is 0 Å². The lowest BCUT2D eigenvalue weighted by Gasteiger charge is -2.15. The fourth-order valence-corrected chi connectivity index (χ4v) is 2.75. The van der Waals surface area contributed by atoms with Crippen molar-refractivity contribution < 1.29 is 9.59 Å². The summed E-state index contributed by atoms with van der Waals surface area (Å²) in [4.78, 5) is 25.9. The topological polar surface area (TPSA) is 49.4 Å². The molecule has 1 heterocycles. The van der Waals surface area contributed by atoms with Crippen LogP contribution in [0.3, 0.4) is 0 Å². The van der Waals surface area contributed by atoms with E-state index in [4.69, 9.17) is 0 Å². The fraction of sp³-hybridized carbons (Fsp3) is 0.176. The van der Waals surface area contributed by atoms with Crippen LogP contribution < -0.4 is 10.2 Å². The van der Waals surface area contributed by atoms with Crippen LogP contribution in [-0.2, 0) is 16.1 Å². The molecule has 0 bridgehead atoms. The number of carbonyl (C=O) groups excluding carboxylic acids is 2. The van der Waals surface area contributed by atoms with E-state index in [1.807, 2.05) is 42.5 Å². The first kappa shape index (κ1) is 14.9. The number of imide groups is 1. The first-order valence-electron chi connectivity index (χ1n) is 7.05. The van der Waals surface area contributed by atoms with Gasteiger partial charge in [-0.15, -0.1) is 0 Å². The number of anilines is 1. The summed E-state index contributed by atoms with van der Waals surface area (Å²) < 4.78 is 0.911. The van der Waals surface area contributed by atoms with Crippen molar-refractivity contribution in [2.24, 2.45) is 0 Å². The van der Waals surface area contributed by atoms with E-state index < -0.39 is 6.04 Å². The third-order valence-corrected chi connectivity index (χ3v) is 4.16. The number of benzene rings is 2. The van der Waals surface area contributed by atoms with Gasteiger partial charge in [-0.3, -0.25) is 9.59 Å². The lowest BCUT2D eigenvalue weighted by atomic mass is 10.2. The highest BCUT2D eigenvalue weighted by atomic mass is 79.9. The van der Waals surface area contributed by atoms with Gasteiger partial charge in [0, 0.05) is 11.0 Å². The zero-order chi connectivity index (χ0) is 15.5. The maximum atomic E-state index is 12.5. The molecule has 4 nitrogen and oxygen atoms in total. The summed E-state index contributed by atoms with van der Waals surface area (Å²) in [6, 6.07) is 16.5. The largest absolute Gasteiger partial charge is 0.301 e. The second-order valence-electron chi connectivity index (χ2n) is 5.17. The van der Waals surface area contributed by atoms with Gasteiger partial charge in [-0.05, 0) is 29.8 Å². The average molecular weight is 359 g/mol. The molecule has 0 spiro atoms.